The van der Waals surface area contributed by atoms with E-state index in [4.69, 9.17) is 32.3 Å². The monoisotopic (exact) mass is 1350 g/mol. The minimum atomic E-state index is -4.93. The molecule has 0 aromatic carbocycles. The Morgan fingerprint density at radius 2 is 0.581 bits per heavy atom. The lowest BCUT2D eigenvalue weighted by atomic mass is 10.1. The van der Waals surface area contributed by atoms with Gasteiger partial charge in [-0.2, -0.15) is 0 Å². The molecule has 534 valence electrons. The average Bonchev–Trinajstić information content (AvgIpc) is 2.38. The molecule has 0 aliphatic carbocycles. The van der Waals surface area contributed by atoms with Crippen molar-refractivity contribution < 1.29 is 75.8 Å². The van der Waals surface area contributed by atoms with Crippen LogP contribution in [-0.2, 0) is 55.8 Å². The molecule has 0 aromatic heterocycles. The van der Waals surface area contributed by atoms with Crippen molar-refractivity contribution in [3.63, 3.8) is 0 Å². The molecule has 0 amide bonds. The van der Waals surface area contributed by atoms with E-state index in [2.05, 4.69) is 142 Å². The highest BCUT2D eigenvalue weighted by Crippen LogP contribution is 2.45. The lowest BCUT2D eigenvalue weighted by Crippen LogP contribution is -2.30. The highest BCUT2D eigenvalue weighted by molar-refractivity contribution is 7.47. The highest BCUT2D eigenvalue weighted by Gasteiger charge is 2.29. The normalized spacial score (nSPS) is 14.9. The zero-order valence-corrected chi connectivity index (χ0v) is 59.7. The van der Waals surface area contributed by atoms with Gasteiger partial charge in [0, 0.05) is 19.3 Å². The van der Waals surface area contributed by atoms with Crippen molar-refractivity contribution in [3.8, 4) is 0 Å². The molecule has 0 rings (SSSR count). The number of carbonyl (C=O) groups is 3. The van der Waals surface area contributed by atoms with Crippen molar-refractivity contribution in [2.75, 3.05) is 39.6 Å². The molecule has 5 atom stereocenters. The average molecular weight is 1350 g/mol. The Morgan fingerprint density at radius 1 is 0.312 bits per heavy atom. The molecule has 0 radical (unpaired) electrons. The molecule has 0 aliphatic heterocycles. The number of ether oxygens (including phenoxy) is 3. The Labute approximate surface area is 563 Å². The molecule has 16 nitrogen and oxygen atoms in total. The van der Waals surface area contributed by atoms with E-state index in [0.29, 0.717) is 19.3 Å². The Hall–Kier alpha value is -4.05. The second-order valence-corrected chi connectivity index (χ2v) is 26.6. The maximum atomic E-state index is 12.9. The summed E-state index contributed by atoms with van der Waals surface area (Å²) in [6.07, 6.45) is 78.3. The molecular formula is C75H128O16P2. The number of hydrogen-bond acceptors (Lipinski definition) is 14. The summed E-state index contributed by atoms with van der Waals surface area (Å²) in [6.45, 7) is 2.44. The summed E-state index contributed by atoms with van der Waals surface area (Å²) >= 11 is 0. The number of aliphatic hydroxyl groups is 2. The summed E-state index contributed by atoms with van der Waals surface area (Å²) in [5, 5.41) is 20.6. The van der Waals surface area contributed by atoms with E-state index in [0.717, 1.165) is 154 Å². The van der Waals surface area contributed by atoms with Gasteiger partial charge >= 0.3 is 33.6 Å². The number of phosphoric ester groups is 2. The van der Waals surface area contributed by atoms with Crippen LogP contribution in [0.15, 0.2) is 122 Å². The second-order valence-electron chi connectivity index (χ2n) is 23.6. The topological polar surface area (TPSA) is 231 Å². The molecule has 4 N–H and O–H groups in total. The van der Waals surface area contributed by atoms with E-state index in [1.807, 2.05) is 0 Å². The van der Waals surface area contributed by atoms with E-state index in [-0.39, 0.29) is 19.3 Å². The Balaban J connectivity index is 4.55. The van der Waals surface area contributed by atoms with Gasteiger partial charge in [0.05, 0.1) is 26.4 Å². The fourth-order valence-corrected chi connectivity index (χ4v) is 10.7. The van der Waals surface area contributed by atoms with Gasteiger partial charge in [-0.1, -0.05) is 251 Å². The third-order valence-corrected chi connectivity index (χ3v) is 16.5. The maximum absolute atomic E-state index is 12.9. The largest absolute Gasteiger partial charge is 0.472 e. The van der Waals surface area contributed by atoms with Crippen LogP contribution in [0.1, 0.15) is 278 Å². The molecule has 0 saturated carbocycles. The van der Waals surface area contributed by atoms with E-state index >= 15 is 0 Å². The van der Waals surface area contributed by atoms with Gasteiger partial charge in [0.2, 0.25) is 0 Å². The molecule has 0 bridgehead atoms. The van der Waals surface area contributed by atoms with Crippen LogP contribution >= 0.6 is 15.6 Å². The summed E-state index contributed by atoms with van der Waals surface area (Å²) in [7, 11) is -9.79. The first kappa shape index (κ1) is 89.0. The summed E-state index contributed by atoms with van der Waals surface area (Å²) in [6, 6.07) is 0. The summed E-state index contributed by atoms with van der Waals surface area (Å²) in [5.41, 5.74) is 0. The maximum Gasteiger partial charge on any atom is 0.472 e. The van der Waals surface area contributed by atoms with Gasteiger partial charge in [-0.15, -0.1) is 0 Å². The molecule has 0 spiro atoms. The van der Waals surface area contributed by atoms with Crippen molar-refractivity contribution in [1.82, 2.24) is 0 Å². The van der Waals surface area contributed by atoms with Gasteiger partial charge in [-0.3, -0.25) is 32.5 Å². The summed E-state index contributed by atoms with van der Waals surface area (Å²) in [5.74, 6) is -1.62. The zero-order chi connectivity index (χ0) is 68.1. The van der Waals surface area contributed by atoms with Crippen LogP contribution < -0.4 is 0 Å². The quantitative estimate of drug-likeness (QED) is 0.0146. The molecule has 18 heteroatoms. The number of rotatable bonds is 67. The minimum Gasteiger partial charge on any atom is -0.463 e. The van der Waals surface area contributed by atoms with Gasteiger partial charge in [-0.25, -0.2) is 9.13 Å². The lowest BCUT2D eigenvalue weighted by molar-refractivity contribution is -0.161. The molecular weight excluding hydrogens is 1220 g/mol. The minimum absolute atomic E-state index is 0.0866. The molecule has 0 aromatic rings. The standard InChI is InChI=1S/C75H128O16P2/c1-4-7-10-13-16-19-22-24-26-28-30-32-33-34-35-37-39-40-42-44-47-49-52-55-58-61-73(78)85-64-70(76)65-87-92(81,82)88-66-71(77)67-89-93(83,84)90-69-72(91-75(80)63-60-57-54-51-46-21-18-15-12-9-6-3)68-86-74(79)62-59-56-53-50-48-45-43-41-38-36-31-29-27-25-23-20-17-14-11-8-5-2/h8,11,15-20,24-27,30-32,34-36,41,43,70-72,76-77H,4-7,9-10,12-14,21-23,28-29,33,37-40,42,44-69H2,1-3H3,(H,81,82)(H,83,84)/b11-8-,18-15-,19-16-,20-17-,26-24-,27-25-,32-30-,35-34-,36-31-,43-41-. The van der Waals surface area contributed by atoms with Crippen LogP contribution in [0.4, 0.5) is 0 Å². The zero-order valence-electron chi connectivity index (χ0n) is 57.9. The van der Waals surface area contributed by atoms with Crippen LogP contribution in [-0.4, -0.2) is 95.9 Å². The van der Waals surface area contributed by atoms with Crippen LogP contribution in [0.25, 0.3) is 0 Å². The van der Waals surface area contributed by atoms with E-state index in [1.165, 1.54) is 64.2 Å². The predicted molar refractivity (Wildman–Crippen MR) is 380 cm³/mol. The van der Waals surface area contributed by atoms with Gasteiger partial charge < -0.3 is 34.2 Å². The fraction of sp³-hybridized carbons (Fsp3) is 0.693. The first-order chi connectivity index (χ1) is 45.2. The number of phosphoric acid groups is 2. The van der Waals surface area contributed by atoms with Gasteiger partial charge in [-0.05, 0) is 128 Å². The van der Waals surface area contributed by atoms with Crippen molar-refractivity contribution >= 4 is 33.6 Å². The lowest BCUT2D eigenvalue weighted by Gasteiger charge is -2.21. The Morgan fingerprint density at radius 3 is 0.946 bits per heavy atom. The number of hydrogen-bond donors (Lipinski definition) is 4. The van der Waals surface area contributed by atoms with Gasteiger partial charge in [0.1, 0.15) is 25.4 Å². The third kappa shape index (κ3) is 69.1. The van der Waals surface area contributed by atoms with Crippen LogP contribution in [0.2, 0.25) is 0 Å². The summed E-state index contributed by atoms with van der Waals surface area (Å²) in [4.78, 5) is 58.4. The van der Waals surface area contributed by atoms with Crippen molar-refractivity contribution in [3.05, 3.63) is 122 Å². The molecule has 0 fully saturated rings. The number of unbranched alkanes of at least 4 members (excludes halogenated alkanes) is 24. The van der Waals surface area contributed by atoms with Crippen molar-refractivity contribution in [2.24, 2.45) is 0 Å². The van der Waals surface area contributed by atoms with Gasteiger partial charge in [0.25, 0.3) is 0 Å². The smallest absolute Gasteiger partial charge is 0.463 e. The predicted octanol–water partition coefficient (Wildman–Crippen LogP) is 20.2. The first-order valence-electron chi connectivity index (χ1n) is 35.8. The first-order valence-corrected chi connectivity index (χ1v) is 38.8. The van der Waals surface area contributed by atoms with Gasteiger partial charge in [0.15, 0.2) is 6.10 Å². The van der Waals surface area contributed by atoms with Crippen LogP contribution in [0, 0.1) is 0 Å². The second kappa shape index (κ2) is 67.9. The fourth-order valence-electron chi connectivity index (χ4n) is 9.15. The highest BCUT2D eigenvalue weighted by atomic mass is 31.2. The number of esters is 3. The SMILES string of the molecule is CC/C=C\C/C=C\C/C=C\C/C=C\C/C=C\CCCCCCCC(=O)OCC(COP(=O)(O)OCC(O)COP(=O)(O)OCC(O)COC(=O)CCCCCCCCCCC/C=C\C/C=C\C/C=C\C/C=C\CCCCC)OC(=O)CCCCCCC/C=C\CCCC. The molecule has 0 heterocycles. The van der Waals surface area contributed by atoms with E-state index in [9.17, 15) is 43.5 Å². The molecule has 0 aliphatic rings. The van der Waals surface area contributed by atoms with Crippen molar-refractivity contribution in [1.29, 1.82) is 0 Å². The Kier molecular flexibility index (Phi) is 65.0. The van der Waals surface area contributed by atoms with Crippen molar-refractivity contribution in [2.45, 2.75) is 296 Å². The van der Waals surface area contributed by atoms with Crippen LogP contribution in [0.5, 0.6) is 0 Å². The number of carbonyl (C=O) groups excluding carboxylic acids is 3. The number of allylic oxidation sites excluding steroid dienone is 20. The molecule has 93 heavy (non-hydrogen) atoms. The summed E-state index contributed by atoms with van der Waals surface area (Å²) < 4.78 is 60.9. The molecule has 0 saturated heterocycles. The van der Waals surface area contributed by atoms with Crippen LogP contribution in [0.3, 0.4) is 0 Å². The Bertz CT molecular complexity index is 2180. The van der Waals surface area contributed by atoms with E-state index in [1.54, 1.807) is 0 Å². The molecule has 5 unspecified atom stereocenters. The van der Waals surface area contributed by atoms with E-state index < -0.39 is 91.5 Å². The number of aliphatic hydroxyl groups excluding tert-OH is 2. The third-order valence-electron chi connectivity index (χ3n) is 14.6.